The van der Waals surface area contributed by atoms with Gasteiger partial charge in [-0.1, -0.05) is 29.8 Å². The van der Waals surface area contributed by atoms with Crippen molar-refractivity contribution in [2.45, 2.75) is 6.92 Å². The fraction of sp³-hybridized carbons (Fsp3) is 0.0588. The number of hydrogen-bond acceptors (Lipinski definition) is 4. The SMILES string of the molecule is Cc1ccc(-c2csc(/C(C#N)=C/c3ccoc3)n2)cc1. The predicted octanol–water partition coefficient (Wildman–Crippen LogP) is 4.78. The average Bonchev–Trinajstić information content (AvgIpc) is 3.17. The lowest BCUT2D eigenvalue weighted by atomic mass is 10.1. The topological polar surface area (TPSA) is 49.8 Å². The van der Waals surface area contributed by atoms with Crippen LogP contribution in [0.3, 0.4) is 0 Å². The van der Waals surface area contributed by atoms with E-state index < -0.39 is 0 Å². The summed E-state index contributed by atoms with van der Waals surface area (Å²) in [5, 5.41) is 12.0. The molecule has 0 radical (unpaired) electrons. The second-order valence-corrected chi connectivity index (χ2v) is 5.49. The third kappa shape index (κ3) is 2.93. The van der Waals surface area contributed by atoms with Gasteiger partial charge in [0.15, 0.2) is 0 Å². The van der Waals surface area contributed by atoms with E-state index in [9.17, 15) is 5.26 Å². The Morgan fingerprint density at radius 3 is 2.76 bits per heavy atom. The van der Waals surface area contributed by atoms with E-state index >= 15 is 0 Å². The fourth-order valence-corrected chi connectivity index (χ4v) is 2.71. The zero-order valence-corrected chi connectivity index (χ0v) is 12.2. The molecule has 1 aromatic carbocycles. The molecule has 0 atom stereocenters. The number of furan rings is 1. The van der Waals surface area contributed by atoms with Crippen LogP contribution in [0.25, 0.3) is 22.9 Å². The molecule has 3 aromatic rings. The van der Waals surface area contributed by atoms with Crippen molar-refractivity contribution in [1.82, 2.24) is 4.98 Å². The van der Waals surface area contributed by atoms with Crippen LogP contribution in [0.15, 0.2) is 52.7 Å². The van der Waals surface area contributed by atoms with E-state index in [-0.39, 0.29) is 0 Å². The third-order valence-corrected chi connectivity index (χ3v) is 3.93. The largest absolute Gasteiger partial charge is 0.472 e. The molecule has 3 rings (SSSR count). The van der Waals surface area contributed by atoms with Gasteiger partial charge in [-0.2, -0.15) is 5.26 Å². The molecule has 2 aromatic heterocycles. The van der Waals surface area contributed by atoms with Gasteiger partial charge in [0.05, 0.1) is 23.8 Å². The molecule has 0 saturated carbocycles. The summed E-state index contributed by atoms with van der Waals surface area (Å²) in [5.74, 6) is 0. The highest BCUT2D eigenvalue weighted by Crippen LogP contribution is 2.27. The molecule has 0 amide bonds. The summed E-state index contributed by atoms with van der Waals surface area (Å²) in [7, 11) is 0. The van der Waals surface area contributed by atoms with Crippen LogP contribution in [-0.2, 0) is 0 Å². The maximum absolute atomic E-state index is 9.31. The Labute approximate surface area is 126 Å². The van der Waals surface area contributed by atoms with Crippen LogP contribution in [0.2, 0.25) is 0 Å². The van der Waals surface area contributed by atoms with Gasteiger partial charge in [0, 0.05) is 16.5 Å². The summed E-state index contributed by atoms with van der Waals surface area (Å²) in [6.07, 6.45) is 4.97. The van der Waals surface area contributed by atoms with Gasteiger partial charge in [0.1, 0.15) is 11.1 Å². The molecule has 21 heavy (non-hydrogen) atoms. The average molecular weight is 292 g/mol. The van der Waals surface area contributed by atoms with Gasteiger partial charge in [0.2, 0.25) is 0 Å². The first-order valence-corrected chi connectivity index (χ1v) is 7.31. The van der Waals surface area contributed by atoms with Crippen molar-refractivity contribution >= 4 is 23.0 Å². The smallest absolute Gasteiger partial charge is 0.134 e. The Morgan fingerprint density at radius 2 is 2.10 bits per heavy atom. The summed E-state index contributed by atoms with van der Waals surface area (Å²) >= 11 is 1.47. The van der Waals surface area contributed by atoms with E-state index in [2.05, 4.69) is 30.1 Å². The van der Waals surface area contributed by atoms with Crippen molar-refractivity contribution in [3.63, 3.8) is 0 Å². The first-order valence-electron chi connectivity index (χ1n) is 6.43. The van der Waals surface area contributed by atoms with E-state index in [1.807, 2.05) is 23.6 Å². The maximum Gasteiger partial charge on any atom is 0.134 e. The van der Waals surface area contributed by atoms with Crippen LogP contribution >= 0.6 is 11.3 Å². The van der Waals surface area contributed by atoms with Crippen molar-refractivity contribution in [1.29, 1.82) is 5.26 Å². The Hall–Kier alpha value is -2.64. The summed E-state index contributed by atoms with van der Waals surface area (Å²) in [6, 6.07) is 12.2. The van der Waals surface area contributed by atoms with Gasteiger partial charge in [-0.3, -0.25) is 0 Å². The van der Waals surface area contributed by atoms with E-state index in [0.29, 0.717) is 10.6 Å². The molecule has 0 unspecified atom stereocenters. The molecule has 0 N–H and O–H groups in total. The molecule has 102 valence electrons. The van der Waals surface area contributed by atoms with Crippen LogP contribution in [0.1, 0.15) is 16.1 Å². The fourth-order valence-electron chi connectivity index (χ4n) is 1.92. The molecule has 0 bridgehead atoms. The monoisotopic (exact) mass is 292 g/mol. The summed E-state index contributed by atoms with van der Waals surface area (Å²) in [6.45, 7) is 2.05. The molecule has 3 nitrogen and oxygen atoms in total. The maximum atomic E-state index is 9.31. The van der Waals surface area contributed by atoms with Crippen molar-refractivity contribution in [2.75, 3.05) is 0 Å². The highest BCUT2D eigenvalue weighted by atomic mass is 32.1. The zero-order chi connectivity index (χ0) is 14.7. The summed E-state index contributed by atoms with van der Waals surface area (Å²) < 4.78 is 5.01. The number of hydrogen-bond donors (Lipinski definition) is 0. The standard InChI is InChI=1S/C17H12N2OS/c1-12-2-4-14(5-3-12)16-11-21-17(19-16)15(9-18)8-13-6-7-20-10-13/h2-8,10-11H,1H3/b15-8+. The molecule has 0 aliphatic heterocycles. The minimum atomic E-state index is 0.541. The zero-order valence-electron chi connectivity index (χ0n) is 11.4. The number of allylic oxidation sites excluding steroid dienone is 1. The lowest BCUT2D eigenvalue weighted by Gasteiger charge is -1.97. The van der Waals surface area contributed by atoms with Gasteiger partial charge in [-0.25, -0.2) is 4.98 Å². The van der Waals surface area contributed by atoms with Crippen molar-refractivity contribution in [3.05, 3.63) is 64.4 Å². The highest BCUT2D eigenvalue weighted by Gasteiger charge is 2.09. The van der Waals surface area contributed by atoms with Crippen molar-refractivity contribution in [3.8, 4) is 17.3 Å². The van der Waals surface area contributed by atoms with Crippen LogP contribution in [0, 0.1) is 18.3 Å². The predicted molar refractivity (Wildman–Crippen MR) is 84.5 cm³/mol. The van der Waals surface area contributed by atoms with E-state index in [1.54, 1.807) is 18.6 Å². The van der Waals surface area contributed by atoms with Crippen LogP contribution in [0.5, 0.6) is 0 Å². The number of aryl methyl sites for hydroxylation is 1. The first kappa shape index (κ1) is 13.3. The number of nitriles is 1. The lowest BCUT2D eigenvalue weighted by molar-refractivity contribution is 0.567. The second kappa shape index (κ2) is 5.78. The Morgan fingerprint density at radius 1 is 1.29 bits per heavy atom. The minimum absolute atomic E-state index is 0.541. The highest BCUT2D eigenvalue weighted by molar-refractivity contribution is 7.11. The van der Waals surface area contributed by atoms with E-state index in [0.717, 1.165) is 16.8 Å². The minimum Gasteiger partial charge on any atom is -0.472 e. The van der Waals surface area contributed by atoms with Gasteiger partial charge < -0.3 is 4.42 Å². The molecule has 4 heteroatoms. The summed E-state index contributed by atoms with van der Waals surface area (Å²) in [4.78, 5) is 4.56. The Balaban J connectivity index is 1.94. The van der Waals surface area contributed by atoms with Crippen molar-refractivity contribution in [2.24, 2.45) is 0 Å². The number of benzene rings is 1. The van der Waals surface area contributed by atoms with E-state index in [1.165, 1.54) is 16.9 Å². The lowest BCUT2D eigenvalue weighted by Crippen LogP contribution is -1.82. The Bertz CT molecular complexity index is 805. The quantitative estimate of drug-likeness (QED) is 0.653. The first-order chi connectivity index (χ1) is 10.3. The van der Waals surface area contributed by atoms with Crippen LogP contribution in [-0.4, -0.2) is 4.98 Å². The van der Waals surface area contributed by atoms with Gasteiger partial charge in [-0.15, -0.1) is 11.3 Å². The number of rotatable bonds is 3. The van der Waals surface area contributed by atoms with Crippen LogP contribution in [0.4, 0.5) is 0 Å². The molecular formula is C17H12N2OS. The third-order valence-electron chi connectivity index (χ3n) is 3.06. The number of thiazole rings is 1. The van der Waals surface area contributed by atoms with Gasteiger partial charge in [0.25, 0.3) is 0 Å². The van der Waals surface area contributed by atoms with E-state index in [4.69, 9.17) is 4.42 Å². The molecule has 0 fully saturated rings. The normalized spacial score (nSPS) is 11.3. The molecule has 0 aliphatic rings. The van der Waals surface area contributed by atoms with Gasteiger partial charge >= 0.3 is 0 Å². The molecule has 0 spiro atoms. The van der Waals surface area contributed by atoms with Crippen molar-refractivity contribution < 1.29 is 4.42 Å². The molecule has 0 saturated heterocycles. The molecule has 0 aliphatic carbocycles. The Kier molecular flexibility index (Phi) is 3.67. The number of aromatic nitrogens is 1. The second-order valence-electron chi connectivity index (χ2n) is 4.63. The van der Waals surface area contributed by atoms with Gasteiger partial charge in [-0.05, 0) is 19.1 Å². The molecule has 2 heterocycles. The molecular weight excluding hydrogens is 280 g/mol. The number of nitrogens with zero attached hydrogens (tertiary/aromatic N) is 2. The summed E-state index contributed by atoms with van der Waals surface area (Å²) in [5.41, 5.74) is 4.57. The van der Waals surface area contributed by atoms with Crippen LogP contribution < -0.4 is 0 Å².